The van der Waals surface area contributed by atoms with E-state index in [2.05, 4.69) is 0 Å². The van der Waals surface area contributed by atoms with E-state index in [1.165, 1.54) is 9.80 Å². The Bertz CT molecular complexity index is 837. The van der Waals surface area contributed by atoms with Crippen molar-refractivity contribution in [2.45, 2.75) is 13.0 Å². The molecule has 1 aliphatic heterocycles. The second kappa shape index (κ2) is 8.35. The molecule has 0 saturated heterocycles. The zero-order valence-electron chi connectivity index (χ0n) is 14.7. The lowest BCUT2D eigenvalue weighted by Gasteiger charge is -2.30. The van der Waals surface area contributed by atoms with Crippen LogP contribution in [0.15, 0.2) is 54.6 Å². The molecule has 0 radical (unpaired) electrons. The summed E-state index contributed by atoms with van der Waals surface area (Å²) in [6.45, 7) is -0.0853. The molecule has 0 aromatic heterocycles. The molecule has 0 aliphatic carbocycles. The van der Waals surface area contributed by atoms with Crippen molar-refractivity contribution < 1.29 is 24.2 Å². The Kier molecular flexibility index (Phi) is 5.71. The second-order valence-corrected chi connectivity index (χ2v) is 6.18. The molecule has 7 nitrogen and oxygen atoms in total. The number of anilines is 1. The lowest BCUT2D eigenvalue weighted by molar-refractivity contribution is -0.144. The average molecular weight is 368 g/mol. The maximum atomic E-state index is 12.6. The van der Waals surface area contributed by atoms with Gasteiger partial charge in [-0.05, 0) is 17.7 Å². The van der Waals surface area contributed by atoms with Gasteiger partial charge in [-0.3, -0.25) is 14.4 Å². The van der Waals surface area contributed by atoms with Gasteiger partial charge in [-0.2, -0.15) is 0 Å². The van der Waals surface area contributed by atoms with Crippen LogP contribution in [0.4, 0.5) is 5.69 Å². The van der Waals surface area contributed by atoms with E-state index in [4.69, 9.17) is 9.84 Å². The highest BCUT2D eigenvalue weighted by atomic mass is 16.5. The Morgan fingerprint density at radius 3 is 2.52 bits per heavy atom. The van der Waals surface area contributed by atoms with Crippen LogP contribution >= 0.6 is 0 Å². The van der Waals surface area contributed by atoms with Gasteiger partial charge >= 0.3 is 5.97 Å². The number of hydrogen-bond acceptors (Lipinski definition) is 4. The van der Waals surface area contributed by atoms with E-state index in [0.717, 1.165) is 5.56 Å². The number of hydrogen-bond donors (Lipinski definition) is 1. The molecule has 2 aromatic rings. The van der Waals surface area contributed by atoms with Crippen molar-refractivity contribution in [3.8, 4) is 5.75 Å². The molecule has 1 aliphatic rings. The number of rotatable bonds is 7. The van der Waals surface area contributed by atoms with E-state index in [0.29, 0.717) is 11.4 Å². The summed E-state index contributed by atoms with van der Waals surface area (Å²) in [6.07, 6.45) is 0.0280. The van der Waals surface area contributed by atoms with E-state index in [1.807, 2.05) is 36.4 Å². The van der Waals surface area contributed by atoms with Crippen molar-refractivity contribution >= 4 is 23.5 Å². The summed E-state index contributed by atoms with van der Waals surface area (Å²) < 4.78 is 5.39. The number of carboxylic acid groups (broad SMARTS) is 1. The number of amides is 2. The minimum Gasteiger partial charge on any atom is -0.482 e. The third-order valence-electron chi connectivity index (χ3n) is 4.25. The summed E-state index contributed by atoms with van der Waals surface area (Å²) in [7, 11) is 0. The Balaban J connectivity index is 1.68. The number of ether oxygens (including phenoxy) is 1. The third kappa shape index (κ3) is 4.63. The minimum atomic E-state index is -1.08. The van der Waals surface area contributed by atoms with Crippen molar-refractivity contribution in [1.29, 1.82) is 0 Å². The van der Waals surface area contributed by atoms with E-state index >= 15 is 0 Å². The predicted molar refractivity (Wildman–Crippen MR) is 98.4 cm³/mol. The summed E-state index contributed by atoms with van der Waals surface area (Å²) in [4.78, 5) is 38.8. The monoisotopic (exact) mass is 368 g/mol. The summed E-state index contributed by atoms with van der Waals surface area (Å²) in [5, 5.41) is 9.13. The minimum absolute atomic E-state index is 0.0280. The number of carbonyl (C=O) groups excluding carboxylic acids is 2. The van der Waals surface area contributed by atoms with Crippen LogP contribution in [0.25, 0.3) is 0 Å². The van der Waals surface area contributed by atoms with E-state index in [-0.39, 0.29) is 44.5 Å². The molecule has 0 bridgehead atoms. The van der Waals surface area contributed by atoms with Gasteiger partial charge in [-0.1, -0.05) is 42.5 Å². The standard InChI is InChI=1S/C20H20N2O5/c23-18(21(13-20(25)26)12-15-6-2-1-3-7-15)10-11-22-16-8-4-5-9-17(16)27-14-19(22)24/h1-9H,10-14H2,(H,25,26). The van der Waals surface area contributed by atoms with Crippen LogP contribution in [0.1, 0.15) is 12.0 Å². The van der Waals surface area contributed by atoms with Gasteiger partial charge < -0.3 is 19.6 Å². The van der Waals surface area contributed by atoms with Crippen molar-refractivity contribution in [3.05, 3.63) is 60.2 Å². The molecular weight excluding hydrogens is 348 g/mol. The number of carbonyl (C=O) groups is 3. The molecule has 1 N–H and O–H groups in total. The number of para-hydroxylation sites is 2. The van der Waals surface area contributed by atoms with Gasteiger partial charge in [-0.25, -0.2) is 0 Å². The first-order valence-electron chi connectivity index (χ1n) is 8.60. The van der Waals surface area contributed by atoms with Crippen LogP contribution in [0.5, 0.6) is 5.75 Å². The van der Waals surface area contributed by atoms with Crippen molar-refractivity contribution in [2.75, 3.05) is 24.6 Å². The van der Waals surface area contributed by atoms with Crippen molar-refractivity contribution in [1.82, 2.24) is 4.90 Å². The number of aliphatic carboxylic acids is 1. The first-order chi connectivity index (χ1) is 13.0. The van der Waals surface area contributed by atoms with Gasteiger partial charge in [0.25, 0.3) is 5.91 Å². The number of carboxylic acids is 1. The average Bonchev–Trinajstić information content (AvgIpc) is 2.67. The van der Waals surface area contributed by atoms with Crippen LogP contribution in [-0.2, 0) is 20.9 Å². The Morgan fingerprint density at radius 1 is 1.07 bits per heavy atom. The van der Waals surface area contributed by atoms with E-state index in [1.54, 1.807) is 18.2 Å². The van der Waals surface area contributed by atoms with Crippen LogP contribution in [0, 0.1) is 0 Å². The van der Waals surface area contributed by atoms with Gasteiger partial charge in [0.15, 0.2) is 6.61 Å². The molecule has 140 valence electrons. The topological polar surface area (TPSA) is 87.2 Å². The predicted octanol–water partition coefficient (Wildman–Crippen LogP) is 1.92. The van der Waals surface area contributed by atoms with Gasteiger partial charge in [0.1, 0.15) is 12.3 Å². The highest BCUT2D eigenvalue weighted by molar-refractivity contribution is 5.98. The SMILES string of the molecule is O=C(O)CN(Cc1ccccc1)C(=O)CCN1C(=O)COc2ccccc21. The first kappa shape index (κ1) is 18.4. The molecule has 27 heavy (non-hydrogen) atoms. The molecular formula is C20H20N2O5. The van der Waals surface area contributed by atoms with Gasteiger partial charge in [0.05, 0.1) is 5.69 Å². The van der Waals surface area contributed by atoms with Gasteiger partial charge in [0.2, 0.25) is 5.91 Å². The number of fused-ring (bicyclic) bond motifs is 1. The fourth-order valence-electron chi connectivity index (χ4n) is 2.96. The molecule has 0 atom stereocenters. The molecule has 2 aromatic carbocycles. The lowest BCUT2D eigenvalue weighted by Crippen LogP contribution is -2.42. The van der Waals surface area contributed by atoms with Crippen LogP contribution in [-0.4, -0.2) is 47.5 Å². The molecule has 0 unspecified atom stereocenters. The smallest absolute Gasteiger partial charge is 0.323 e. The number of nitrogens with zero attached hydrogens (tertiary/aromatic N) is 2. The number of benzene rings is 2. The van der Waals surface area contributed by atoms with Gasteiger partial charge in [0, 0.05) is 19.5 Å². The third-order valence-corrected chi connectivity index (χ3v) is 4.25. The lowest BCUT2D eigenvalue weighted by atomic mass is 10.2. The molecule has 7 heteroatoms. The quantitative estimate of drug-likeness (QED) is 0.807. The Hall–Kier alpha value is -3.35. The van der Waals surface area contributed by atoms with Crippen molar-refractivity contribution in [3.63, 3.8) is 0 Å². The fraction of sp³-hybridized carbons (Fsp3) is 0.250. The van der Waals surface area contributed by atoms with Gasteiger partial charge in [-0.15, -0.1) is 0 Å². The molecule has 0 spiro atoms. The second-order valence-electron chi connectivity index (χ2n) is 6.18. The molecule has 1 heterocycles. The summed E-state index contributed by atoms with van der Waals surface area (Å²) in [6, 6.07) is 16.3. The largest absolute Gasteiger partial charge is 0.482 e. The summed E-state index contributed by atoms with van der Waals surface area (Å²) in [5.74, 6) is -1.03. The first-order valence-corrected chi connectivity index (χ1v) is 8.60. The van der Waals surface area contributed by atoms with E-state index in [9.17, 15) is 14.4 Å². The molecule has 0 fully saturated rings. The molecule has 0 saturated carbocycles. The normalized spacial score (nSPS) is 12.9. The maximum Gasteiger partial charge on any atom is 0.323 e. The highest BCUT2D eigenvalue weighted by Gasteiger charge is 2.26. The molecule has 2 amide bonds. The Labute approximate surface area is 156 Å². The van der Waals surface area contributed by atoms with Crippen LogP contribution in [0.3, 0.4) is 0 Å². The van der Waals surface area contributed by atoms with Crippen LogP contribution in [0.2, 0.25) is 0 Å². The zero-order valence-corrected chi connectivity index (χ0v) is 14.7. The van der Waals surface area contributed by atoms with Crippen LogP contribution < -0.4 is 9.64 Å². The maximum absolute atomic E-state index is 12.6. The summed E-state index contributed by atoms with van der Waals surface area (Å²) in [5.41, 5.74) is 1.47. The fourth-order valence-corrected chi connectivity index (χ4v) is 2.96. The Morgan fingerprint density at radius 2 is 1.78 bits per heavy atom. The molecule has 3 rings (SSSR count). The highest BCUT2D eigenvalue weighted by Crippen LogP contribution is 2.31. The van der Waals surface area contributed by atoms with Crippen molar-refractivity contribution in [2.24, 2.45) is 0 Å². The van der Waals surface area contributed by atoms with E-state index < -0.39 is 5.97 Å². The summed E-state index contributed by atoms with van der Waals surface area (Å²) >= 11 is 0. The zero-order chi connectivity index (χ0) is 19.2.